The van der Waals surface area contributed by atoms with Crippen molar-refractivity contribution in [3.8, 4) is 0 Å². The number of hydrogen-bond donors (Lipinski definition) is 1. The Labute approximate surface area is 206 Å². The maximum absolute atomic E-state index is 12.6. The Hall–Kier alpha value is 0.0400. The van der Waals surface area contributed by atoms with Crippen molar-refractivity contribution in [1.82, 2.24) is 0 Å². The van der Waals surface area contributed by atoms with E-state index >= 15 is 0 Å². The van der Waals surface area contributed by atoms with Crippen LogP contribution in [-0.4, -0.2) is 35.2 Å². The second-order valence-electron chi connectivity index (χ2n) is 12.6. The molecule has 0 amide bonds. The van der Waals surface area contributed by atoms with E-state index in [1.54, 1.807) is 5.30 Å². The fourth-order valence-corrected chi connectivity index (χ4v) is 17.9. The van der Waals surface area contributed by atoms with Gasteiger partial charge in [0.05, 0.1) is 31.9 Å². The van der Waals surface area contributed by atoms with Crippen LogP contribution in [0, 0.1) is 17.8 Å². The highest BCUT2D eigenvalue weighted by molar-refractivity contribution is 7.87. The zero-order valence-corrected chi connectivity index (χ0v) is 24.1. The van der Waals surface area contributed by atoms with Crippen molar-refractivity contribution in [2.75, 3.05) is 13.3 Å². The molecule has 3 aliphatic rings. The van der Waals surface area contributed by atoms with E-state index in [1.165, 1.54) is 88.8 Å². The molecule has 3 fully saturated rings. The van der Waals surface area contributed by atoms with Crippen LogP contribution in [0.25, 0.3) is 0 Å². The van der Waals surface area contributed by atoms with E-state index in [0.29, 0.717) is 17.5 Å². The monoisotopic (exact) mass is 490 g/mol. The Kier molecular flexibility index (Phi) is 8.68. The Morgan fingerprint density at radius 1 is 0.758 bits per heavy atom. The van der Waals surface area contributed by atoms with Crippen LogP contribution >= 0.6 is 14.8 Å². The van der Waals surface area contributed by atoms with Gasteiger partial charge in [-0.2, -0.15) is 0 Å². The molecule has 4 rings (SSSR count). The van der Waals surface area contributed by atoms with Crippen LogP contribution in [-0.2, 0) is 0 Å². The van der Waals surface area contributed by atoms with Gasteiger partial charge in [0.2, 0.25) is 0 Å². The maximum Gasteiger partial charge on any atom is 0.178 e. The third kappa shape index (κ3) is 5.27. The highest BCUT2D eigenvalue weighted by Gasteiger charge is 2.57. The molecule has 3 saturated carbocycles. The Balaban J connectivity index is 1.79. The molecule has 1 N–H and O–H groups in total. The van der Waals surface area contributed by atoms with Crippen LogP contribution in [0.5, 0.6) is 0 Å². The Morgan fingerprint density at radius 2 is 1.27 bits per heavy atom. The predicted molar refractivity (Wildman–Crippen MR) is 152 cm³/mol. The van der Waals surface area contributed by atoms with Gasteiger partial charge in [-0.1, -0.05) is 52.2 Å². The smallest absolute Gasteiger partial charge is 0.178 e. The lowest BCUT2D eigenvalue weighted by Crippen LogP contribution is -2.44. The van der Waals surface area contributed by atoms with Gasteiger partial charge in [0.25, 0.3) is 0 Å². The molecule has 1 nitrogen and oxygen atoms in total. The molecule has 0 spiro atoms. The number of hydrogen-bond acceptors (Lipinski definition) is 1. The SMILES string of the molecule is CC(C)[C@@H]1CC[C@@H](C)C[C@H]1[P+](C)(O)c1ccccc1[P+](C)(C1CCCCC1)C1CCCCC1. The molecule has 1 unspecified atom stereocenters. The van der Waals surface area contributed by atoms with E-state index in [4.69, 9.17) is 0 Å². The third-order valence-corrected chi connectivity index (χ3v) is 19.1. The van der Waals surface area contributed by atoms with E-state index in [0.717, 1.165) is 17.2 Å². The molecule has 3 heteroatoms. The van der Waals surface area contributed by atoms with Crippen molar-refractivity contribution in [2.45, 2.75) is 121 Å². The first-order valence-electron chi connectivity index (χ1n) is 14.3. The predicted octanol–water partition coefficient (Wildman–Crippen LogP) is 8.27. The summed E-state index contributed by atoms with van der Waals surface area (Å²) in [4.78, 5) is 12.6. The second-order valence-corrected chi connectivity index (χ2v) is 20.1. The highest BCUT2D eigenvalue weighted by Crippen LogP contribution is 2.71. The topological polar surface area (TPSA) is 20.2 Å². The summed E-state index contributed by atoms with van der Waals surface area (Å²) in [5.74, 6) is 2.09. The quantitative estimate of drug-likeness (QED) is 0.398. The number of benzene rings is 1. The molecule has 0 aliphatic heterocycles. The summed E-state index contributed by atoms with van der Waals surface area (Å²) in [6, 6.07) is 9.46. The van der Waals surface area contributed by atoms with Gasteiger partial charge < -0.3 is 0 Å². The summed E-state index contributed by atoms with van der Waals surface area (Å²) in [5.41, 5.74) is 2.26. The van der Waals surface area contributed by atoms with Crippen LogP contribution < -0.4 is 10.6 Å². The van der Waals surface area contributed by atoms with Crippen molar-refractivity contribution < 1.29 is 4.89 Å². The molecular formula is C30H52OP2+2. The molecule has 186 valence electrons. The summed E-state index contributed by atoms with van der Waals surface area (Å²) in [6.45, 7) is 12.3. The fraction of sp³-hybridized carbons (Fsp3) is 0.800. The average Bonchev–Trinajstić information content (AvgIpc) is 2.84. The van der Waals surface area contributed by atoms with Gasteiger partial charge in [-0.15, -0.1) is 0 Å². The van der Waals surface area contributed by atoms with Crippen molar-refractivity contribution in [2.24, 2.45) is 17.8 Å². The first-order chi connectivity index (χ1) is 15.8. The lowest BCUT2D eigenvalue weighted by Gasteiger charge is -2.43. The van der Waals surface area contributed by atoms with Gasteiger partial charge >= 0.3 is 0 Å². The minimum absolute atomic E-state index is 0.480. The third-order valence-electron chi connectivity index (χ3n) is 10.2. The van der Waals surface area contributed by atoms with Crippen molar-refractivity contribution >= 4 is 25.4 Å². The van der Waals surface area contributed by atoms with Crippen LogP contribution in [0.1, 0.15) is 104 Å². The summed E-state index contributed by atoms with van der Waals surface area (Å²) in [5, 5.41) is 3.10. The number of rotatable bonds is 6. The molecule has 4 atom stereocenters. The van der Waals surface area contributed by atoms with Crippen molar-refractivity contribution in [1.29, 1.82) is 0 Å². The van der Waals surface area contributed by atoms with Crippen LogP contribution in [0.3, 0.4) is 0 Å². The summed E-state index contributed by atoms with van der Waals surface area (Å²) < 4.78 is 0. The van der Waals surface area contributed by atoms with Crippen LogP contribution in [0.15, 0.2) is 24.3 Å². The molecule has 0 saturated heterocycles. The molecule has 3 aliphatic carbocycles. The zero-order valence-electron chi connectivity index (χ0n) is 22.3. The van der Waals surface area contributed by atoms with Gasteiger partial charge in [0.15, 0.2) is 12.8 Å². The fourth-order valence-electron chi connectivity index (χ4n) is 8.09. The summed E-state index contributed by atoms with van der Waals surface area (Å²) >= 11 is 0. The minimum atomic E-state index is -2.23. The van der Waals surface area contributed by atoms with E-state index in [-0.39, 0.29) is 0 Å². The molecule has 33 heavy (non-hydrogen) atoms. The van der Waals surface area contributed by atoms with Crippen LogP contribution in [0.2, 0.25) is 0 Å². The summed E-state index contributed by atoms with van der Waals surface area (Å²) in [7, 11) is -3.57. The van der Waals surface area contributed by atoms with Gasteiger partial charge in [0, 0.05) is 5.92 Å². The Morgan fingerprint density at radius 3 is 1.79 bits per heavy atom. The minimum Gasteiger partial charge on any atom is -0.246 e. The normalized spacial score (nSPS) is 30.3. The lowest BCUT2D eigenvalue weighted by atomic mass is 9.77. The zero-order chi connectivity index (χ0) is 23.6. The van der Waals surface area contributed by atoms with E-state index < -0.39 is 14.8 Å². The van der Waals surface area contributed by atoms with Gasteiger partial charge in [-0.3, -0.25) is 0 Å². The van der Waals surface area contributed by atoms with E-state index in [9.17, 15) is 4.89 Å². The molecule has 0 bridgehead atoms. The standard InChI is InChI=1S/C30H52OP2/c1-23(2)27-21-20-24(3)22-30(27)33(5,31)29-19-13-12-18-28(29)32(4,25-14-8-6-9-15-25)26-16-10-7-11-17-26/h12-13,18-19,23-27,30-31H,6-11,14-17,20-22H2,1-5H3/q+2/t24-,27+,30-,33?/m1/s1. The second kappa shape index (κ2) is 11.0. The molecular weight excluding hydrogens is 438 g/mol. The Bertz CT molecular complexity index is 742. The molecule has 0 aromatic heterocycles. The van der Waals surface area contributed by atoms with Crippen LogP contribution in [0.4, 0.5) is 0 Å². The maximum atomic E-state index is 12.6. The summed E-state index contributed by atoms with van der Waals surface area (Å²) in [6.07, 6.45) is 18.2. The molecule has 1 aromatic carbocycles. The van der Waals surface area contributed by atoms with Crippen molar-refractivity contribution in [3.63, 3.8) is 0 Å². The van der Waals surface area contributed by atoms with E-state index in [2.05, 4.69) is 58.4 Å². The van der Waals surface area contributed by atoms with Gasteiger partial charge in [0.1, 0.15) is 11.0 Å². The van der Waals surface area contributed by atoms with Gasteiger partial charge in [-0.25, -0.2) is 4.89 Å². The largest absolute Gasteiger partial charge is 0.246 e. The van der Waals surface area contributed by atoms with Crippen molar-refractivity contribution in [3.05, 3.63) is 24.3 Å². The first kappa shape index (κ1) is 26.1. The molecule has 1 aromatic rings. The first-order valence-corrected chi connectivity index (χ1v) is 18.9. The highest BCUT2D eigenvalue weighted by atomic mass is 31.2. The van der Waals surface area contributed by atoms with Gasteiger partial charge in [-0.05, 0) is 88.2 Å². The lowest BCUT2D eigenvalue weighted by molar-refractivity contribution is 0.234. The average molecular weight is 491 g/mol. The molecule has 0 radical (unpaired) electrons. The van der Waals surface area contributed by atoms with E-state index in [1.807, 2.05) is 0 Å². The molecule has 0 heterocycles.